The quantitative estimate of drug-likeness (QED) is 0.862. The maximum Gasteiger partial charge on any atom is 0.0673 e. The van der Waals surface area contributed by atoms with E-state index < -0.39 is 0 Å². The first-order valence-electron chi connectivity index (χ1n) is 6.79. The second kappa shape index (κ2) is 5.47. The van der Waals surface area contributed by atoms with Crippen molar-refractivity contribution in [1.29, 1.82) is 0 Å². The van der Waals surface area contributed by atoms with E-state index in [0.29, 0.717) is 0 Å². The number of hydrogen-bond donors (Lipinski definition) is 1. The first kappa shape index (κ1) is 12.9. The zero-order valence-corrected chi connectivity index (χ0v) is 12.4. The number of hydrogen-bond acceptors (Lipinski definition) is 2. The zero-order valence-electron chi connectivity index (χ0n) is 10.8. The molecule has 19 heavy (non-hydrogen) atoms. The number of aromatic nitrogens is 2. The fraction of sp³-hybridized carbons (Fsp3) is 0.400. The minimum absolute atomic E-state index is 0.158. The molecule has 3 rings (SSSR count). The molecule has 1 aromatic carbocycles. The van der Waals surface area contributed by atoms with Gasteiger partial charge in [0.05, 0.1) is 12.7 Å². The molecule has 4 heteroatoms. The third kappa shape index (κ3) is 2.60. The van der Waals surface area contributed by atoms with Gasteiger partial charge >= 0.3 is 0 Å². The Labute approximate surface area is 121 Å². The normalized spacial score (nSPS) is 18.9. The lowest BCUT2D eigenvalue weighted by atomic mass is 10.1. The van der Waals surface area contributed by atoms with Crippen LogP contribution in [-0.4, -0.2) is 9.78 Å². The number of rotatable bonds is 2. The summed E-state index contributed by atoms with van der Waals surface area (Å²) < 4.78 is 3.25. The van der Waals surface area contributed by atoms with Crippen LogP contribution in [0.2, 0.25) is 0 Å². The van der Waals surface area contributed by atoms with Crippen molar-refractivity contribution in [2.45, 2.75) is 38.3 Å². The van der Waals surface area contributed by atoms with Crippen LogP contribution in [0.4, 0.5) is 0 Å². The summed E-state index contributed by atoms with van der Waals surface area (Å²) in [6.07, 6.45) is 6.55. The first-order valence-corrected chi connectivity index (χ1v) is 7.58. The zero-order chi connectivity index (χ0) is 13.2. The van der Waals surface area contributed by atoms with Crippen molar-refractivity contribution in [3.05, 3.63) is 51.8 Å². The molecular weight excluding hydrogens is 302 g/mol. The Kier molecular flexibility index (Phi) is 3.71. The van der Waals surface area contributed by atoms with Crippen LogP contribution < -0.4 is 5.73 Å². The van der Waals surface area contributed by atoms with Crippen LogP contribution in [0.5, 0.6) is 0 Å². The van der Waals surface area contributed by atoms with E-state index in [9.17, 15) is 0 Å². The summed E-state index contributed by atoms with van der Waals surface area (Å²) in [4.78, 5) is 0. The number of fused-ring (bicyclic) bond motifs is 1. The van der Waals surface area contributed by atoms with Gasteiger partial charge < -0.3 is 5.73 Å². The topological polar surface area (TPSA) is 43.8 Å². The second-order valence-electron chi connectivity index (χ2n) is 5.15. The van der Waals surface area contributed by atoms with Gasteiger partial charge in [-0.2, -0.15) is 5.10 Å². The molecule has 1 heterocycles. The van der Waals surface area contributed by atoms with Crippen LogP contribution >= 0.6 is 15.9 Å². The van der Waals surface area contributed by atoms with Gasteiger partial charge in [-0.3, -0.25) is 4.68 Å². The molecule has 0 fully saturated rings. The van der Waals surface area contributed by atoms with Crippen LogP contribution in [0.1, 0.15) is 42.1 Å². The highest BCUT2D eigenvalue weighted by Gasteiger charge is 2.19. The lowest BCUT2D eigenvalue weighted by Crippen LogP contribution is -2.11. The number of nitrogens with two attached hydrogens (primary N) is 1. The first-order chi connectivity index (χ1) is 9.25. The highest BCUT2D eigenvalue weighted by molar-refractivity contribution is 9.10. The van der Waals surface area contributed by atoms with Crippen LogP contribution in [0.25, 0.3) is 0 Å². The van der Waals surface area contributed by atoms with Gasteiger partial charge in [-0.25, -0.2) is 0 Å². The van der Waals surface area contributed by atoms with Crippen molar-refractivity contribution in [1.82, 2.24) is 9.78 Å². The predicted molar refractivity (Wildman–Crippen MR) is 80.0 cm³/mol. The predicted octanol–water partition coefficient (Wildman–Crippen LogP) is 3.42. The molecule has 0 bridgehead atoms. The summed E-state index contributed by atoms with van der Waals surface area (Å²) in [5, 5.41) is 4.54. The van der Waals surface area contributed by atoms with E-state index in [2.05, 4.69) is 43.9 Å². The third-order valence-electron chi connectivity index (χ3n) is 3.84. The molecule has 0 amide bonds. The molecule has 0 spiro atoms. The van der Waals surface area contributed by atoms with E-state index in [1.807, 2.05) is 12.3 Å². The molecule has 1 aromatic heterocycles. The highest BCUT2D eigenvalue weighted by Crippen LogP contribution is 2.27. The summed E-state index contributed by atoms with van der Waals surface area (Å²) in [6.45, 7) is 0.809. The summed E-state index contributed by atoms with van der Waals surface area (Å²) in [7, 11) is 0. The van der Waals surface area contributed by atoms with Crippen LogP contribution in [-0.2, 0) is 13.0 Å². The van der Waals surface area contributed by atoms with Gasteiger partial charge in [-0.15, -0.1) is 0 Å². The van der Waals surface area contributed by atoms with E-state index in [-0.39, 0.29) is 6.04 Å². The number of benzene rings is 1. The molecule has 2 N–H and O–H groups in total. The summed E-state index contributed by atoms with van der Waals surface area (Å²) in [5.74, 6) is 0. The molecule has 0 saturated heterocycles. The number of nitrogens with zero attached hydrogens (tertiary/aromatic N) is 2. The average molecular weight is 320 g/mol. The van der Waals surface area contributed by atoms with Crippen molar-refractivity contribution in [2.24, 2.45) is 5.73 Å². The molecule has 3 nitrogen and oxygen atoms in total. The van der Waals surface area contributed by atoms with Crippen molar-refractivity contribution in [3.63, 3.8) is 0 Å². The van der Waals surface area contributed by atoms with Crippen molar-refractivity contribution in [3.8, 4) is 0 Å². The molecule has 0 radical (unpaired) electrons. The van der Waals surface area contributed by atoms with E-state index in [4.69, 9.17) is 5.73 Å². The Hall–Kier alpha value is -1.13. The molecule has 0 saturated carbocycles. The molecule has 100 valence electrons. The van der Waals surface area contributed by atoms with Gasteiger partial charge in [-0.1, -0.05) is 40.5 Å². The van der Waals surface area contributed by atoms with Crippen LogP contribution in [0.3, 0.4) is 0 Å². The van der Waals surface area contributed by atoms with E-state index in [1.54, 1.807) is 0 Å². The Morgan fingerprint density at radius 2 is 2.16 bits per heavy atom. The minimum atomic E-state index is 0.158. The maximum atomic E-state index is 6.22. The van der Waals surface area contributed by atoms with Gasteiger partial charge in [0, 0.05) is 21.8 Å². The van der Waals surface area contributed by atoms with E-state index >= 15 is 0 Å². The van der Waals surface area contributed by atoms with Crippen molar-refractivity contribution < 1.29 is 0 Å². The smallest absolute Gasteiger partial charge is 0.0673 e. The summed E-state index contributed by atoms with van der Waals surface area (Å²) >= 11 is 3.60. The van der Waals surface area contributed by atoms with Crippen molar-refractivity contribution in [2.75, 3.05) is 0 Å². The van der Waals surface area contributed by atoms with Gasteiger partial charge in [-0.05, 0) is 30.9 Å². The Morgan fingerprint density at radius 3 is 3.00 bits per heavy atom. The highest BCUT2D eigenvalue weighted by atomic mass is 79.9. The molecule has 1 aliphatic rings. The van der Waals surface area contributed by atoms with E-state index in [1.165, 1.54) is 29.7 Å². The summed E-state index contributed by atoms with van der Waals surface area (Å²) in [6, 6.07) is 8.46. The molecule has 1 unspecified atom stereocenters. The standard InChI is InChI=1S/C15H18BrN3/c16-13-6-2-1-5-11(13)10-19-15-8-4-3-7-14(17)12(15)9-18-19/h1-2,5-6,9,14H,3-4,7-8,10,17H2. The largest absolute Gasteiger partial charge is 0.324 e. The van der Waals surface area contributed by atoms with Gasteiger partial charge in [0.1, 0.15) is 0 Å². The molecular formula is C15H18BrN3. The third-order valence-corrected chi connectivity index (χ3v) is 4.61. The Morgan fingerprint density at radius 1 is 1.32 bits per heavy atom. The fourth-order valence-corrected chi connectivity index (χ4v) is 3.15. The minimum Gasteiger partial charge on any atom is -0.324 e. The number of halogens is 1. The van der Waals surface area contributed by atoms with Crippen LogP contribution in [0, 0.1) is 0 Å². The molecule has 0 aliphatic heterocycles. The van der Waals surface area contributed by atoms with E-state index in [0.717, 1.165) is 23.9 Å². The summed E-state index contributed by atoms with van der Waals surface area (Å²) in [5.41, 5.74) is 10.0. The van der Waals surface area contributed by atoms with Crippen LogP contribution in [0.15, 0.2) is 34.9 Å². The lowest BCUT2D eigenvalue weighted by Gasteiger charge is -2.10. The van der Waals surface area contributed by atoms with Gasteiger partial charge in [0.15, 0.2) is 0 Å². The average Bonchev–Trinajstić information content (AvgIpc) is 2.71. The SMILES string of the molecule is NC1CCCCc2c1cnn2Cc1ccccc1Br. The Bertz CT molecular complexity index is 577. The monoisotopic (exact) mass is 319 g/mol. The van der Waals surface area contributed by atoms with Gasteiger partial charge in [0.2, 0.25) is 0 Å². The Balaban J connectivity index is 1.92. The lowest BCUT2D eigenvalue weighted by molar-refractivity contribution is 0.601. The molecule has 2 aromatic rings. The maximum absolute atomic E-state index is 6.22. The fourth-order valence-electron chi connectivity index (χ4n) is 2.74. The van der Waals surface area contributed by atoms with Crippen molar-refractivity contribution >= 4 is 15.9 Å². The van der Waals surface area contributed by atoms with Gasteiger partial charge in [0.25, 0.3) is 0 Å². The molecule has 1 atom stereocenters. The second-order valence-corrected chi connectivity index (χ2v) is 6.00. The molecule has 1 aliphatic carbocycles.